The SMILES string of the molecule is CC(C)(c1ccc(/C=C/c2ccc3ccccc3c2)cc1)c1ccc(/C=C/c2ccc3ccccc3c2)cc1. The molecule has 6 aromatic rings. The summed E-state index contributed by atoms with van der Waals surface area (Å²) in [6.45, 7) is 4.60. The fraction of sp³-hybridized carbons (Fsp3) is 0.0769. The molecule has 6 aromatic carbocycles. The second kappa shape index (κ2) is 10.6. The maximum Gasteiger partial charge on any atom is 0.0146 e. The third-order valence-electron chi connectivity index (χ3n) is 7.75. The third kappa shape index (κ3) is 5.47. The molecule has 0 saturated heterocycles. The predicted octanol–water partition coefficient (Wildman–Crippen LogP) is 10.7. The van der Waals surface area contributed by atoms with Gasteiger partial charge in [0.15, 0.2) is 0 Å². The van der Waals surface area contributed by atoms with E-state index in [9.17, 15) is 0 Å². The van der Waals surface area contributed by atoms with Crippen LogP contribution in [0.25, 0.3) is 45.8 Å². The number of hydrogen-bond donors (Lipinski definition) is 0. The van der Waals surface area contributed by atoms with E-state index in [1.54, 1.807) is 0 Å². The van der Waals surface area contributed by atoms with Crippen LogP contribution in [-0.2, 0) is 5.41 Å². The molecule has 0 fully saturated rings. The van der Waals surface area contributed by atoms with Crippen LogP contribution in [0.1, 0.15) is 47.2 Å². The van der Waals surface area contributed by atoms with Crippen LogP contribution >= 0.6 is 0 Å². The van der Waals surface area contributed by atoms with Crippen LogP contribution in [0.15, 0.2) is 133 Å². The Morgan fingerprint density at radius 1 is 0.359 bits per heavy atom. The van der Waals surface area contributed by atoms with Crippen LogP contribution in [0.3, 0.4) is 0 Å². The summed E-state index contributed by atoms with van der Waals surface area (Å²) in [5, 5.41) is 5.09. The molecule has 0 aromatic heterocycles. The minimum atomic E-state index is -0.0822. The summed E-state index contributed by atoms with van der Waals surface area (Å²) < 4.78 is 0. The molecule has 0 aliphatic heterocycles. The van der Waals surface area contributed by atoms with Gasteiger partial charge in [-0.3, -0.25) is 0 Å². The standard InChI is InChI=1S/C39H32/c1-39(2,37-23-17-29(18-24-37)11-13-31-15-21-33-7-3-5-9-35(33)27-31)38-25-19-30(20-26-38)12-14-32-16-22-34-8-4-6-10-36(34)28-32/h3-28H,1-2H3/b13-11+,14-12+. The zero-order chi connectivity index (χ0) is 26.7. The molecule has 188 valence electrons. The minimum absolute atomic E-state index is 0.0822. The first-order valence-corrected chi connectivity index (χ1v) is 13.6. The first-order chi connectivity index (χ1) is 19.0. The molecule has 39 heavy (non-hydrogen) atoms. The summed E-state index contributed by atoms with van der Waals surface area (Å²) in [4.78, 5) is 0. The van der Waals surface area contributed by atoms with E-state index in [4.69, 9.17) is 0 Å². The summed E-state index contributed by atoms with van der Waals surface area (Å²) in [7, 11) is 0. The molecule has 0 radical (unpaired) electrons. The van der Waals surface area contributed by atoms with Crippen molar-refractivity contribution in [2.75, 3.05) is 0 Å². The second-order valence-corrected chi connectivity index (χ2v) is 10.7. The highest BCUT2D eigenvalue weighted by Crippen LogP contribution is 2.32. The van der Waals surface area contributed by atoms with Gasteiger partial charge in [-0.25, -0.2) is 0 Å². The quantitative estimate of drug-likeness (QED) is 0.200. The maximum absolute atomic E-state index is 2.30. The van der Waals surface area contributed by atoms with Crippen LogP contribution < -0.4 is 0 Å². The number of rotatable bonds is 6. The summed E-state index contributed by atoms with van der Waals surface area (Å²) >= 11 is 0. The summed E-state index contributed by atoms with van der Waals surface area (Å²) in [6, 6.07) is 48.1. The lowest BCUT2D eigenvalue weighted by Gasteiger charge is -2.26. The van der Waals surface area contributed by atoms with Gasteiger partial charge in [0.25, 0.3) is 0 Å². The van der Waals surface area contributed by atoms with Gasteiger partial charge in [-0.1, -0.05) is 159 Å². The van der Waals surface area contributed by atoms with Crippen molar-refractivity contribution in [1.82, 2.24) is 0 Å². The summed E-state index contributed by atoms with van der Waals surface area (Å²) in [5.41, 5.74) is 7.38. The van der Waals surface area contributed by atoms with Crippen LogP contribution in [0.5, 0.6) is 0 Å². The molecule has 0 saturated carbocycles. The maximum atomic E-state index is 2.30. The molecule has 0 heterocycles. The molecule has 6 rings (SSSR count). The van der Waals surface area contributed by atoms with E-state index >= 15 is 0 Å². The van der Waals surface area contributed by atoms with Crippen molar-refractivity contribution in [3.63, 3.8) is 0 Å². The average Bonchev–Trinajstić information content (AvgIpc) is 2.99. The molecular formula is C39H32. The highest BCUT2D eigenvalue weighted by Gasteiger charge is 2.22. The van der Waals surface area contributed by atoms with E-state index in [0.29, 0.717) is 0 Å². The second-order valence-electron chi connectivity index (χ2n) is 10.7. The highest BCUT2D eigenvalue weighted by atomic mass is 14.3. The van der Waals surface area contributed by atoms with E-state index in [0.717, 1.165) is 0 Å². The monoisotopic (exact) mass is 500 g/mol. The Kier molecular flexibility index (Phi) is 6.69. The van der Waals surface area contributed by atoms with Crippen LogP contribution in [0.4, 0.5) is 0 Å². The molecule has 0 heteroatoms. The van der Waals surface area contributed by atoms with Gasteiger partial charge in [0, 0.05) is 5.41 Å². The highest BCUT2D eigenvalue weighted by molar-refractivity contribution is 5.87. The molecule has 0 N–H and O–H groups in total. The molecule has 0 bridgehead atoms. The first kappa shape index (κ1) is 24.6. The zero-order valence-electron chi connectivity index (χ0n) is 22.5. The normalized spacial score (nSPS) is 12.2. The number of benzene rings is 6. The lowest BCUT2D eigenvalue weighted by Crippen LogP contribution is -2.18. The van der Waals surface area contributed by atoms with E-state index in [1.165, 1.54) is 54.9 Å². The summed E-state index contributed by atoms with van der Waals surface area (Å²) in [5.74, 6) is 0. The number of fused-ring (bicyclic) bond motifs is 2. The van der Waals surface area contributed by atoms with E-state index in [-0.39, 0.29) is 5.41 Å². The Morgan fingerprint density at radius 2 is 0.692 bits per heavy atom. The van der Waals surface area contributed by atoms with Gasteiger partial charge < -0.3 is 0 Å². The van der Waals surface area contributed by atoms with Gasteiger partial charge in [-0.05, 0) is 67.1 Å². The summed E-state index contributed by atoms with van der Waals surface area (Å²) in [6.07, 6.45) is 8.77. The van der Waals surface area contributed by atoms with Gasteiger partial charge in [-0.2, -0.15) is 0 Å². The molecule has 0 atom stereocenters. The van der Waals surface area contributed by atoms with Crippen LogP contribution in [-0.4, -0.2) is 0 Å². The largest absolute Gasteiger partial charge is 0.0616 e. The van der Waals surface area contributed by atoms with Gasteiger partial charge in [-0.15, -0.1) is 0 Å². The number of hydrogen-bond acceptors (Lipinski definition) is 0. The first-order valence-electron chi connectivity index (χ1n) is 13.6. The van der Waals surface area contributed by atoms with Crippen LogP contribution in [0.2, 0.25) is 0 Å². The minimum Gasteiger partial charge on any atom is -0.0616 e. The van der Waals surface area contributed by atoms with Crippen molar-refractivity contribution in [3.05, 3.63) is 167 Å². The van der Waals surface area contributed by atoms with Crippen molar-refractivity contribution in [3.8, 4) is 0 Å². The molecule has 0 aliphatic carbocycles. The molecule has 0 spiro atoms. The molecule has 0 amide bonds. The molecular weight excluding hydrogens is 468 g/mol. The van der Waals surface area contributed by atoms with Gasteiger partial charge in [0.2, 0.25) is 0 Å². The Morgan fingerprint density at radius 3 is 1.10 bits per heavy atom. The zero-order valence-corrected chi connectivity index (χ0v) is 22.5. The Hall–Kier alpha value is -4.68. The third-order valence-corrected chi connectivity index (χ3v) is 7.75. The Labute approximate surface area is 231 Å². The van der Waals surface area contributed by atoms with Gasteiger partial charge in [0.05, 0.1) is 0 Å². The van der Waals surface area contributed by atoms with Crippen molar-refractivity contribution < 1.29 is 0 Å². The molecule has 0 nitrogen and oxygen atoms in total. The molecule has 0 aliphatic rings. The van der Waals surface area contributed by atoms with Gasteiger partial charge in [0.1, 0.15) is 0 Å². The van der Waals surface area contributed by atoms with Crippen LogP contribution in [0, 0.1) is 0 Å². The van der Waals surface area contributed by atoms with E-state index in [2.05, 4.69) is 172 Å². The van der Waals surface area contributed by atoms with Crippen molar-refractivity contribution >= 4 is 45.8 Å². The van der Waals surface area contributed by atoms with E-state index < -0.39 is 0 Å². The smallest absolute Gasteiger partial charge is 0.0146 e. The Bertz CT molecular complexity index is 1660. The van der Waals surface area contributed by atoms with E-state index in [1.807, 2.05) is 0 Å². The lowest BCUT2D eigenvalue weighted by atomic mass is 9.78. The Balaban J connectivity index is 1.15. The van der Waals surface area contributed by atoms with Crippen molar-refractivity contribution in [2.24, 2.45) is 0 Å². The fourth-order valence-corrected chi connectivity index (χ4v) is 5.20. The fourth-order valence-electron chi connectivity index (χ4n) is 5.20. The lowest BCUT2D eigenvalue weighted by molar-refractivity contribution is 0.641. The van der Waals surface area contributed by atoms with Gasteiger partial charge >= 0.3 is 0 Å². The predicted molar refractivity (Wildman–Crippen MR) is 171 cm³/mol. The topological polar surface area (TPSA) is 0 Å². The van der Waals surface area contributed by atoms with Crippen molar-refractivity contribution in [1.29, 1.82) is 0 Å². The average molecular weight is 501 g/mol. The van der Waals surface area contributed by atoms with Crippen molar-refractivity contribution in [2.45, 2.75) is 19.3 Å². The molecule has 0 unspecified atom stereocenters.